The van der Waals surface area contributed by atoms with Crippen LogP contribution in [0, 0.1) is 6.92 Å². The summed E-state index contributed by atoms with van der Waals surface area (Å²) in [5.74, 6) is 0.159. The van der Waals surface area contributed by atoms with Crippen LogP contribution >= 0.6 is 0 Å². The molecule has 0 spiro atoms. The van der Waals surface area contributed by atoms with Gasteiger partial charge in [0.15, 0.2) is 0 Å². The lowest BCUT2D eigenvalue weighted by molar-refractivity contribution is -0.132. The highest BCUT2D eigenvalue weighted by Crippen LogP contribution is 2.32. The van der Waals surface area contributed by atoms with E-state index in [4.69, 9.17) is 4.63 Å². The smallest absolute Gasteiger partial charge is 0.223 e. The minimum atomic E-state index is 0.00154. The van der Waals surface area contributed by atoms with Gasteiger partial charge in [-0.15, -0.1) is 0 Å². The van der Waals surface area contributed by atoms with E-state index in [0.717, 1.165) is 62.5 Å². The molecule has 4 heterocycles. The molecule has 0 saturated carbocycles. The second-order valence-corrected chi connectivity index (χ2v) is 6.86. The maximum absolute atomic E-state index is 12.7. The van der Waals surface area contributed by atoms with E-state index in [0.29, 0.717) is 12.8 Å². The van der Waals surface area contributed by atoms with Gasteiger partial charge in [-0.1, -0.05) is 10.3 Å². The molecule has 134 valence electrons. The maximum Gasteiger partial charge on any atom is 0.223 e. The van der Waals surface area contributed by atoms with Gasteiger partial charge in [0.25, 0.3) is 0 Å². The van der Waals surface area contributed by atoms with Gasteiger partial charge in [-0.05, 0) is 38.8 Å². The standard InChI is InChI=1S/C17H24N6O2/c1-12-17(21-25-20-12)15-4-2-8-22(15)16(24)6-5-13-10-14-11-18-7-3-9-23(14)19-13/h10,15,18H,2-9,11H2,1H3/t15-/m0/s1. The molecule has 1 amide bonds. The zero-order valence-electron chi connectivity index (χ0n) is 14.6. The van der Waals surface area contributed by atoms with Crippen molar-refractivity contribution in [2.45, 2.75) is 58.2 Å². The van der Waals surface area contributed by atoms with Gasteiger partial charge in [-0.3, -0.25) is 9.48 Å². The van der Waals surface area contributed by atoms with Crippen LogP contribution in [0.1, 0.15) is 54.5 Å². The van der Waals surface area contributed by atoms with Gasteiger partial charge >= 0.3 is 0 Å². The third-order valence-corrected chi connectivity index (χ3v) is 5.11. The summed E-state index contributed by atoms with van der Waals surface area (Å²) in [6.07, 6.45) is 4.16. The molecule has 2 aliphatic rings. The van der Waals surface area contributed by atoms with Crippen LogP contribution in [0.5, 0.6) is 0 Å². The molecule has 1 atom stereocenters. The lowest BCUT2D eigenvalue weighted by Gasteiger charge is -2.23. The number of rotatable bonds is 4. The van der Waals surface area contributed by atoms with E-state index in [1.165, 1.54) is 5.69 Å². The van der Waals surface area contributed by atoms with Crippen LogP contribution < -0.4 is 5.32 Å². The Kier molecular flexibility index (Phi) is 4.52. The van der Waals surface area contributed by atoms with Crippen LogP contribution in [0.4, 0.5) is 0 Å². The van der Waals surface area contributed by atoms with Gasteiger partial charge in [0.05, 0.1) is 17.4 Å². The summed E-state index contributed by atoms with van der Waals surface area (Å²) in [5, 5.41) is 15.9. The molecule has 2 aliphatic heterocycles. The molecule has 1 N–H and O–H groups in total. The predicted octanol–water partition coefficient (Wildman–Crippen LogP) is 1.36. The summed E-state index contributed by atoms with van der Waals surface area (Å²) in [6.45, 7) is 5.48. The van der Waals surface area contributed by atoms with Crippen molar-refractivity contribution in [3.63, 3.8) is 0 Å². The van der Waals surface area contributed by atoms with Gasteiger partial charge < -0.3 is 10.2 Å². The Bertz CT molecular complexity index is 729. The molecule has 0 bridgehead atoms. The van der Waals surface area contributed by atoms with E-state index in [-0.39, 0.29) is 11.9 Å². The first-order valence-electron chi connectivity index (χ1n) is 9.07. The number of amides is 1. The van der Waals surface area contributed by atoms with Crippen molar-refractivity contribution in [1.82, 2.24) is 30.3 Å². The van der Waals surface area contributed by atoms with Crippen molar-refractivity contribution < 1.29 is 9.42 Å². The Labute approximate surface area is 146 Å². The molecule has 1 fully saturated rings. The molecule has 0 aromatic carbocycles. The summed E-state index contributed by atoms with van der Waals surface area (Å²) < 4.78 is 6.89. The van der Waals surface area contributed by atoms with E-state index >= 15 is 0 Å². The maximum atomic E-state index is 12.7. The Morgan fingerprint density at radius 3 is 3.12 bits per heavy atom. The highest BCUT2D eigenvalue weighted by molar-refractivity contribution is 5.77. The summed E-state index contributed by atoms with van der Waals surface area (Å²) in [4.78, 5) is 14.7. The fourth-order valence-corrected chi connectivity index (χ4v) is 3.81. The number of aryl methyl sites for hydroxylation is 3. The first-order valence-corrected chi connectivity index (χ1v) is 9.07. The van der Waals surface area contributed by atoms with Crippen LogP contribution in [-0.2, 0) is 24.3 Å². The van der Waals surface area contributed by atoms with Crippen LogP contribution in [0.15, 0.2) is 10.7 Å². The van der Waals surface area contributed by atoms with Crippen molar-refractivity contribution in [3.05, 3.63) is 28.8 Å². The number of carbonyl (C=O) groups is 1. The van der Waals surface area contributed by atoms with Crippen LogP contribution in [-0.4, -0.2) is 44.0 Å². The Hall–Kier alpha value is -2.22. The van der Waals surface area contributed by atoms with E-state index in [2.05, 4.69) is 31.5 Å². The average molecular weight is 344 g/mol. The molecule has 25 heavy (non-hydrogen) atoms. The number of likely N-dealkylation sites (tertiary alicyclic amines) is 1. The van der Waals surface area contributed by atoms with Gasteiger partial charge in [-0.2, -0.15) is 5.10 Å². The predicted molar refractivity (Wildman–Crippen MR) is 89.6 cm³/mol. The van der Waals surface area contributed by atoms with E-state index in [9.17, 15) is 4.79 Å². The average Bonchev–Trinajstić information content (AvgIpc) is 3.30. The molecule has 8 heteroatoms. The summed E-state index contributed by atoms with van der Waals surface area (Å²) in [5.41, 5.74) is 3.78. The summed E-state index contributed by atoms with van der Waals surface area (Å²) in [7, 11) is 0. The van der Waals surface area contributed by atoms with Crippen molar-refractivity contribution in [1.29, 1.82) is 0 Å². The molecular weight excluding hydrogens is 320 g/mol. The molecule has 1 saturated heterocycles. The van der Waals surface area contributed by atoms with Gasteiger partial charge in [0, 0.05) is 32.5 Å². The number of aromatic nitrogens is 4. The second-order valence-electron chi connectivity index (χ2n) is 6.86. The fraction of sp³-hybridized carbons (Fsp3) is 0.647. The summed E-state index contributed by atoms with van der Waals surface area (Å²) in [6, 6.07) is 2.13. The monoisotopic (exact) mass is 344 g/mol. The van der Waals surface area contributed by atoms with Gasteiger partial charge in [0.2, 0.25) is 5.91 Å². The van der Waals surface area contributed by atoms with Gasteiger partial charge in [0.1, 0.15) is 11.4 Å². The Balaban J connectivity index is 1.39. The first kappa shape index (κ1) is 16.3. The normalized spacial score (nSPS) is 20.5. The second kappa shape index (κ2) is 6.95. The number of hydrogen-bond donors (Lipinski definition) is 1. The topological polar surface area (TPSA) is 89.1 Å². The lowest BCUT2D eigenvalue weighted by Crippen LogP contribution is -2.31. The van der Waals surface area contributed by atoms with Crippen LogP contribution in [0.25, 0.3) is 0 Å². The van der Waals surface area contributed by atoms with E-state index < -0.39 is 0 Å². The van der Waals surface area contributed by atoms with E-state index in [1.807, 2.05) is 11.8 Å². The molecular formula is C17H24N6O2. The third-order valence-electron chi connectivity index (χ3n) is 5.11. The number of nitrogens with zero attached hydrogens (tertiary/aromatic N) is 5. The number of nitrogens with one attached hydrogen (secondary N) is 1. The molecule has 0 radical (unpaired) electrons. The Morgan fingerprint density at radius 2 is 2.28 bits per heavy atom. The molecule has 0 aliphatic carbocycles. The van der Waals surface area contributed by atoms with Crippen molar-refractivity contribution in [3.8, 4) is 0 Å². The van der Waals surface area contributed by atoms with Crippen molar-refractivity contribution in [2.75, 3.05) is 13.1 Å². The fourth-order valence-electron chi connectivity index (χ4n) is 3.81. The van der Waals surface area contributed by atoms with E-state index in [1.54, 1.807) is 0 Å². The number of fused-ring (bicyclic) bond motifs is 1. The van der Waals surface area contributed by atoms with Crippen LogP contribution in [0.3, 0.4) is 0 Å². The molecule has 2 aromatic rings. The Morgan fingerprint density at radius 1 is 1.36 bits per heavy atom. The number of hydrogen-bond acceptors (Lipinski definition) is 6. The summed E-state index contributed by atoms with van der Waals surface area (Å²) >= 11 is 0. The molecule has 8 nitrogen and oxygen atoms in total. The molecule has 0 unspecified atom stereocenters. The van der Waals surface area contributed by atoms with Gasteiger partial charge in [-0.25, -0.2) is 4.63 Å². The quantitative estimate of drug-likeness (QED) is 0.901. The highest BCUT2D eigenvalue weighted by Gasteiger charge is 2.33. The minimum absolute atomic E-state index is 0.00154. The van der Waals surface area contributed by atoms with Crippen molar-refractivity contribution >= 4 is 5.91 Å². The first-order chi connectivity index (χ1) is 12.2. The molecule has 2 aromatic heterocycles. The molecule has 4 rings (SSSR count). The minimum Gasteiger partial charge on any atom is -0.334 e. The third kappa shape index (κ3) is 3.30. The zero-order valence-corrected chi connectivity index (χ0v) is 14.6. The highest BCUT2D eigenvalue weighted by atomic mass is 16.6. The largest absolute Gasteiger partial charge is 0.334 e. The van der Waals surface area contributed by atoms with Crippen molar-refractivity contribution in [2.24, 2.45) is 0 Å². The number of carbonyl (C=O) groups excluding carboxylic acids is 1. The zero-order chi connectivity index (χ0) is 17.2. The lowest BCUT2D eigenvalue weighted by atomic mass is 10.1. The SMILES string of the molecule is Cc1nonc1[C@@H]1CCCN1C(=O)CCc1cc2n(n1)CCCNC2. The van der Waals surface area contributed by atoms with Crippen LogP contribution in [0.2, 0.25) is 0 Å².